The molecule has 1 unspecified atom stereocenters. The molecule has 0 radical (unpaired) electrons. The first-order valence-corrected chi connectivity index (χ1v) is 1.70. The van der Waals surface area contributed by atoms with Crippen LogP contribution < -0.4 is 4.89 Å². The summed E-state index contributed by atoms with van der Waals surface area (Å²) in [5.41, 5.74) is 0. The number of rotatable bonds is 0. The molecule has 0 fully saturated rings. The fraction of sp³-hybridized carbons (Fsp3) is 0. The summed E-state index contributed by atoms with van der Waals surface area (Å²) in [5, 5.41) is 0. The maximum Gasteiger partial charge on any atom is 0.485 e. The molecule has 1 atom stereocenters. The molecule has 0 aliphatic heterocycles. The van der Waals surface area contributed by atoms with Crippen LogP contribution in [0.2, 0.25) is 0 Å². The maximum atomic E-state index is 8.59. The summed E-state index contributed by atoms with van der Waals surface area (Å²) >= 11 is 0. The van der Waals surface area contributed by atoms with Crippen LogP contribution >= 0.6 is 8.25 Å². The van der Waals surface area contributed by atoms with E-state index >= 15 is 0 Å². The van der Waals surface area contributed by atoms with Gasteiger partial charge in [-0.05, 0) is 4.57 Å². The predicted molar refractivity (Wildman–Crippen MR) is 9.83 cm³/mol. The molecule has 0 aliphatic rings. The topological polar surface area (TPSA) is 60.4 Å². The number of hydrogen-bond acceptors (Lipinski definition) is 2. The SMILES string of the molecule is O=[32P+]([O-])O. The zero-order chi connectivity index (χ0) is 3.58. The third-order valence-electron chi connectivity index (χ3n) is 0. The highest BCUT2D eigenvalue weighted by atomic mass is 32.1. The molecular weight excluding hydrogens is 80.0 g/mol. The molecule has 0 aromatic heterocycles. The van der Waals surface area contributed by atoms with E-state index in [1.54, 1.807) is 0 Å². The molecule has 4 heavy (non-hydrogen) atoms. The van der Waals surface area contributed by atoms with E-state index in [-0.39, 0.29) is 0 Å². The Hall–Kier alpha value is 0.0200. The highest BCUT2D eigenvalue weighted by Crippen LogP contribution is 1.89. The average molecular weight is 81.0 g/mol. The van der Waals surface area contributed by atoms with Crippen LogP contribution in [-0.2, 0) is 4.57 Å². The lowest BCUT2D eigenvalue weighted by atomic mass is 15.8. The molecule has 0 saturated heterocycles. The molecule has 4 heteroatoms. The molecule has 0 aromatic rings. The van der Waals surface area contributed by atoms with Crippen LogP contribution in [0, 0.1) is 0 Å². The Bertz CT molecular complexity index is 26.3. The van der Waals surface area contributed by atoms with Crippen molar-refractivity contribution in [3.63, 3.8) is 0 Å². The molecule has 0 saturated carbocycles. The van der Waals surface area contributed by atoms with Crippen LogP contribution in [-0.4, -0.2) is 4.89 Å². The Morgan fingerprint density at radius 2 is 2.00 bits per heavy atom. The highest BCUT2D eigenvalue weighted by Gasteiger charge is 1.73. The van der Waals surface area contributed by atoms with E-state index < -0.39 is 8.25 Å². The first-order chi connectivity index (χ1) is 1.73. The Labute approximate surface area is 23.8 Å². The molecule has 3 nitrogen and oxygen atoms in total. The van der Waals surface area contributed by atoms with Gasteiger partial charge < -0.3 is 4.89 Å². The van der Waals surface area contributed by atoms with Crippen molar-refractivity contribution >= 4 is 8.25 Å². The Balaban J connectivity index is 2.80. The van der Waals surface area contributed by atoms with Gasteiger partial charge >= 0.3 is 8.25 Å². The summed E-state index contributed by atoms with van der Waals surface area (Å²) in [4.78, 5) is 15.6. The van der Waals surface area contributed by atoms with Crippen molar-refractivity contribution in [2.45, 2.75) is 0 Å². The van der Waals surface area contributed by atoms with E-state index in [4.69, 9.17) is 14.4 Å². The molecule has 24 valence electrons. The zero-order valence-electron chi connectivity index (χ0n) is 1.71. The van der Waals surface area contributed by atoms with Gasteiger partial charge in [0.1, 0.15) is 0 Å². The molecule has 0 aliphatic carbocycles. The maximum absolute atomic E-state index is 8.59. The van der Waals surface area contributed by atoms with E-state index in [0.29, 0.717) is 0 Å². The van der Waals surface area contributed by atoms with Gasteiger partial charge in [0.25, 0.3) is 0 Å². The fourth-order valence-electron chi connectivity index (χ4n) is 0. The van der Waals surface area contributed by atoms with Crippen molar-refractivity contribution in [2.75, 3.05) is 0 Å². The fourth-order valence-corrected chi connectivity index (χ4v) is 0. The standard InChI is InChI=1S/HO3P/c1-4(2)3/h(H,1,2,3)/i4+1. The third kappa shape index (κ3) is 5250. The van der Waals surface area contributed by atoms with Gasteiger partial charge in [0, 0.05) is 0 Å². The Morgan fingerprint density at radius 1 is 2.00 bits per heavy atom. The second-order valence-corrected chi connectivity index (χ2v) is 0.714. The van der Waals surface area contributed by atoms with Crippen LogP contribution in [0.1, 0.15) is 0 Å². The van der Waals surface area contributed by atoms with Crippen molar-refractivity contribution in [2.24, 2.45) is 0 Å². The Morgan fingerprint density at radius 3 is 2.00 bits per heavy atom. The largest absolute Gasteiger partial charge is 0.567 e. The van der Waals surface area contributed by atoms with Crippen LogP contribution in [0.5, 0.6) is 0 Å². The summed E-state index contributed by atoms with van der Waals surface area (Å²) in [5.74, 6) is 0. The monoisotopic (exact) mass is 81.0 g/mol. The van der Waals surface area contributed by atoms with E-state index in [9.17, 15) is 0 Å². The molecule has 0 bridgehead atoms. The zero-order valence-corrected chi connectivity index (χ0v) is 2.61. The first-order valence-electron chi connectivity index (χ1n) is 0.565. The molecule has 0 spiro atoms. The van der Waals surface area contributed by atoms with Crippen LogP contribution in [0.3, 0.4) is 0 Å². The molecule has 0 heterocycles. The smallest absolute Gasteiger partial charge is 0.485 e. The number of hydrogen-bond donors (Lipinski definition) is 1. The quantitative estimate of drug-likeness (QED) is 0.380. The van der Waals surface area contributed by atoms with E-state index in [1.807, 2.05) is 0 Å². The van der Waals surface area contributed by atoms with Crippen molar-refractivity contribution in [1.82, 2.24) is 0 Å². The summed E-state index contributed by atoms with van der Waals surface area (Å²) in [6.07, 6.45) is 0. The van der Waals surface area contributed by atoms with Crippen molar-refractivity contribution in [3.05, 3.63) is 0 Å². The van der Waals surface area contributed by atoms with Crippen molar-refractivity contribution < 1.29 is 14.4 Å². The van der Waals surface area contributed by atoms with Gasteiger partial charge in [-0.25, -0.2) is 0 Å². The highest BCUT2D eigenvalue weighted by molar-refractivity contribution is 7.29. The minimum Gasteiger partial charge on any atom is -0.567 e. The van der Waals surface area contributed by atoms with Gasteiger partial charge in [-0.1, -0.05) is 0 Å². The Kier molecular flexibility index (Phi) is 1.36. The van der Waals surface area contributed by atoms with Gasteiger partial charge in [0.15, 0.2) is 0 Å². The molecular formula is HO3P. The van der Waals surface area contributed by atoms with Crippen LogP contribution in [0.4, 0.5) is 0 Å². The minimum atomic E-state index is -3.12. The second-order valence-electron chi connectivity index (χ2n) is 0.238. The lowest BCUT2D eigenvalue weighted by Crippen LogP contribution is -1.78. The average Bonchev–Trinajstić information content (AvgIpc) is 0.811. The molecule has 0 aromatic carbocycles. The van der Waals surface area contributed by atoms with Crippen molar-refractivity contribution in [3.8, 4) is 0 Å². The summed E-state index contributed by atoms with van der Waals surface area (Å²) in [7, 11) is -3.12. The summed E-state index contributed by atoms with van der Waals surface area (Å²) in [6.45, 7) is 0. The minimum absolute atomic E-state index is 3.12. The lowest BCUT2D eigenvalue weighted by molar-refractivity contribution is -0.180. The second kappa shape index (κ2) is 1.35. The molecule has 0 rings (SSSR count). The summed E-state index contributed by atoms with van der Waals surface area (Å²) in [6, 6.07) is 0. The first kappa shape index (κ1) is 4.02. The van der Waals surface area contributed by atoms with Crippen LogP contribution in [0.15, 0.2) is 0 Å². The molecule has 0 amide bonds. The van der Waals surface area contributed by atoms with E-state index in [1.165, 1.54) is 0 Å². The molecule has 1 N–H and O–H groups in total. The van der Waals surface area contributed by atoms with Crippen LogP contribution in [0.25, 0.3) is 0 Å². The van der Waals surface area contributed by atoms with E-state index in [0.717, 1.165) is 0 Å². The van der Waals surface area contributed by atoms with E-state index in [2.05, 4.69) is 0 Å². The third-order valence-corrected chi connectivity index (χ3v) is 0. The van der Waals surface area contributed by atoms with Gasteiger partial charge in [0.2, 0.25) is 0 Å². The van der Waals surface area contributed by atoms with Gasteiger partial charge in [-0.15, -0.1) is 0 Å². The normalized spacial score (nSPS) is 11.0. The van der Waals surface area contributed by atoms with Gasteiger partial charge in [-0.2, -0.15) is 4.89 Å². The lowest BCUT2D eigenvalue weighted by Gasteiger charge is -1.56. The predicted octanol–water partition coefficient (Wildman–Crippen LogP) is -1.00. The van der Waals surface area contributed by atoms with Crippen molar-refractivity contribution in [1.29, 1.82) is 0 Å². The summed E-state index contributed by atoms with van der Waals surface area (Å²) < 4.78 is 8.59. The van der Waals surface area contributed by atoms with Gasteiger partial charge in [0.05, 0.1) is 0 Å². The van der Waals surface area contributed by atoms with Gasteiger partial charge in [-0.3, -0.25) is 0 Å².